The Bertz CT molecular complexity index is 756. The van der Waals surface area contributed by atoms with Crippen LogP contribution in [0.5, 0.6) is 0 Å². The molecule has 0 aliphatic carbocycles. The Balaban J connectivity index is 2.20. The number of carbonyl (C=O) groups is 2. The highest BCUT2D eigenvalue weighted by Crippen LogP contribution is 2.15. The smallest absolute Gasteiger partial charge is 0.242 e. The molecule has 0 aliphatic heterocycles. The lowest BCUT2D eigenvalue weighted by Crippen LogP contribution is -2.48. The van der Waals surface area contributed by atoms with Gasteiger partial charge in [-0.25, -0.2) is 0 Å². The third kappa shape index (κ3) is 6.24. The van der Waals surface area contributed by atoms with Crippen molar-refractivity contribution in [1.82, 2.24) is 10.2 Å². The maximum Gasteiger partial charge on any atom is 0.242 e. The molecule has 0 saturated heterocycles. The van der Waals surface area contributed by atoms with Crippen molar-refractivity contribution in [3.8, 4) is 0 Å². The summed E-state index contributed by atoms with van der Waals surface area (Å²) in [5, 5.41) is 2.95. The van der Waals surface area contributed by atoms with Crippen molar-refractivity contribution in [3.05, 3.63) is 71.3 Å². The first-order valence-corrected chi connectivity index (χ1v) is 9.54. The molecule has 27 heavy (non-hydrogen) atoms. The summed E-state index contributed by atoms with van der Waals surface area (Å²) in [4.78, 5) is 27.4. The van der Waals surface area contributed by atoms with Gasteiger partial charge in [-0.1, -0.05) is 68.4 Å². The van der Waals surface area contributed by atoms with Gasteiger partial charge in [-0.2, -0.15) is 0 Å². The summed E-state index contributed by atoms with van der Waals surface area (Å²) < 4.78 is 0. The van der Waals surface area contributed by atoms with Gasteiger partial charge in [-0.3, -0.25) is 9.59 Å². The van der Waals surface area contributed by atoms with Crippen molar-refractivity contribution < 1.29 is 9.59 Å². The van der Waals surface area contributed by atoms with E-state index in [9.17, 15) is 9.59 Å². The van der Waals surface area contributed by atoms with Crippen molar-refractivity contribution >= 4 is 11.8 Å². The fraction of sp³-hybridized carbons (Fsp3) is 0.391. The molecule has 144 valence electrons. The molecule has 0 aliphatic rings. The molecule has 0 fully saturated rings. The Kier molecular flexibility index (Phi) is 7.59. The van der Waals surface area contributed by atoms with Gasteiger partial charge in [-0.15, -0.1) is 0 Å². The summed E-state index contributed by atoms with van der Waals surface area (Å²) in [6.45, 7) is 8.96. The van der Waals surface area contributed by atoms with E-state index in [-0.39, 0.29) is 18.2 Å². The molecule has 1 unspecified atom stereocenters. The zero-order chi connectivity index (χ0) is 19.8. The number of benzene rings is 2. The monoisotopic (exact) mass is 366 g/mol. The molecule has 0 bridgehead atoms. The number of aryl methyl sites for hydroxylation is 1. The number of nitrogens with zero attached hydrogens (tertiary/aromatic N) is 1. The Morgan fingerprint density at radius 3 is 2.22 bits per heavy atom. The average Bonchev–Trinajstić information content (AvgIpc) is 2.65. The van der Waals surface area contributed by atoms with Crippen LogP contribution >= 0.6 is 0 Å². The topological polar surface area (TPSA) is 49.4 Å². The van der Waals surface area contributed by atoms with Gasteiger partial charge in [0.25, 0.3) is 0 Å². The number of hydrogen-bond acceptors (Lipinski definition) is 2. The molecule has 2 amide bonds. The molecule has 2 rings (SSSR count). The van der Waals surface area contributed by atoms with Crippen LogP contribution in [0.3, 0.4) is 0 Å². The molecule has 0 radical (unpaired) electrons. The third-order valence-electron chi connectivity index (χ3n) is 4.65. The second-order valence-corrected chi connectivity index (χ2v) is 7.43. The van der Waals surface area contributed by atoms with Crippen LogP contribution in [0.25, 0.3) is 0 Å². The normalized spacial score (nSPS) is 11.9. The van der Waals surface area contributed by atoms with Crippen LogP contribution in [0.15, 0.2) is 54.6 Å². The number of amides is 2. The second-order valence-electron chi connectivity index (χ2n) is 7.43. The van der Waals surface area contributed by atoms with Gasteiger partial charge in [0.15, 0.2) is 0 Å². The predicted molar refractivity (Wildman–Crippen MR) is 109 cm³/mol. The SMILES string of the molecule is Cc1ccccc1CN(C(=O)Cc1ccccc1)C(C)C(=O)NCC(C)C. The Morgan fingerprint density at radius 2 is 1.59 bits per heavy atom. The molecule has 4 nitrogen and oxygen atoms in total. The zero-order valence-corrected chi connectivity index (χ0v) is 16.7. The number of nitrogens with one attached hydrogen (secondary N) is 1. The Hall–Kier alpha value is -2.62. The van der Waals surface area contributed by atoms with E-state index < -0.39 is 6.04 Å². The van der Waals surface area contributed by atoms with Crippen molar-refractivity contribution in [1.29, 1.82) is 0 Å². The fourth-order valence-corrected chi connectivity index (χ4v) is 2.88. The quantitative estimate of drug-likeness (QED) is 0.774. The largest absolute Gasteiger partial charge is 0.354 e. The molecule has 0 spiro atoms. The first-order chi connectivity index (χ1) is 12.9. The minimum atomic E-state index is -0.528. The van der Waals surface area contributed by atoms with E-state index in [0.29, 0.717) is 19.0 Å². The molecule has 2 aromatic carbocycles. The van der Waals surface area contributed by atoms with Crippen LogP contribution in [-0.4, -0.2) is 29.3 Å². The highest BCUT2D eigenvalue weighted by atomic mass is 16.2. The summed E-state index contributed by atoms with van der Waals surface area (Å²) in [5.41, 5.74) is 3.12. The molecule has 4 heteroatoms. The fourth-order valence-electron chi connectivity index (χ4n) is 2.88. The predicted octanol–water partition coefficient (Wildman–Crippen LogP) is 3.73. The summed E-state index contributed by atoms with van der Waals surface area (Å²) in [5.74, 6) is 0.210. The van der Waals surface area contributed by atoms with Gasteiger partial charge >= 0.3 is 0 Å². The lowest BCUT2D eigenvalue weighted by atomic mass is 10.1. The van der Waals surface area contributed by atoms with Crippen molar-refractivity contribution in [2.75, 3.05) is 6.54 Å². The number of hydrogen-bond donors (Lipinski definition) is 1. The average molecular weight is 367 g/mol. The van der Waals surface area contributed by atoms with E-state index in [2.05, 4.69) is 19.2 Å². The maximum atomic E-state index is 13.1. The second kappa shape index (κ2) is 9.91. The summed E-state index contributed by atoms with van der Waals surface area (Å²) in [6, 6.07) is 17.1. The van der Waals surface area contributed by atoms with Gasteiger partial charge in [-0.05, 0) is 36.5 Å². The first-order valence-electron chi connectivity index (χ1n) is 9.54. The van der Waals surface area contributed by atoms with E-state index >= 15 is 0 Å². The Labute approximate surface area is 162 Å². The van der Waals surface area contributed by atoms with Crippen molar-refractivity contribution in [3.63, 3.8) is 0 Å². The lowest BCUT2D eigenvalue weighted by molar-refractivity contribution is -0.140. The summed E-state index contributed by atoms with van der Waals surface area (Å²) in [6.07, 6.45) is 0.286. The summed E-state index contributed by atoms with van der Waals surface area (Å²) in [7, 11) is 0. The van der Waals surface area contributed by atoms with Crippen LogP contribution < -0.4 is 5.32 Å². The van der Waals surface area contributed by atoms with Gasteiger partial charge in [0.05, 0.1) is 6.42 Å². The summed E-state index contributed by atoms with van der Waals surface area (Å²) >= 11 is 0. The molecule has 0 heterocycles. The minimum absolute atomic E-state index is 0.0448. The highest BCUT2D eigenvalue weighted by molar-refractivity contribution is 5.88. The van der Waals surface area contributed by atoms with Crippen LogP contribution in [-0.2, 0) is 22.6 Å². The molecule has 0 aromatic heterocycles. The Morgan fingerprint density at radius 1 is 0.963 bits per heavy atom. The number of rotatable bonds is 8. The standard InChI is InChI=1S/C23H30N2O2/c1-17(2)15-24-23(27)19(4)25(16-21-13-9-8-10-18(21)3)22(26)14-20-11-6-5-7-12-20/h5-13,17,19H,14-16H2,1-4H3,(H,24,27). The maximum absolute atomic E-state index is 13.1. The van der Waals surface area contributed by atoms with Gasteiger partial charge < -0.3 is 10.2 Å². The molecule has 1 atom stereocenters. The van der Waals surface area contributed by atoms with E-state index in [1.807, 2.05) is 61.5 Å². The van der Waals surface area contributed by atoms with E-state index in [1.165, 1.54) is 0 Å². The van der Waals surface area contributed by atoms with E-state index in [4.69, 9.17) is 0 Å². The zero-order valence-electron chi connectivity index (χ0n) is 16.7. The van der Waals surface area contributed by atoms with Gasteiger partial charge in [0.1, 0.15) is 6.04 Å². The van der Waals surface area contributed by atoms with Gasteiger partial charge in [0.2, 0.25) is 11.8 Å². The molecular formula is C23H30N2O2. The first kappa shape index (κ1) is 20.7. The van der Waals surface area contributed by atoms with E-state index in [0.717, 1.165) is 16.7 Å². The molecular weight excluding hydrogens is 336 g/mol. The minimum Gasteiger partial charge on any atom is -0.354 e. The molecule has 0 saturated carbocycles. The van der Waals surface area contributed by atoms with Crippen molar-refractivity contribution in [2.24, 2.45) is 5.92 Å². The highest BCUT2D eigenvalue weighted by Gasteiger charge is 2.26. The third-order valence-corrected chi connectivity index (χ3v) is 4.65. The van der Waals surface area contributed by atoms with Crippen LogP contribution in [0, 0.1) is 12.8 Å². The van der Waals surface area contributed by atoms with Gasteiger partial charge in [0, 0.05) is 13.1 Å². The molecule has 1 N–H and O–H groups in total. The number of carbonyl (C=O) groups excluding carboxylic acids is 2. The van der Waals surface area contributed by atoms with Crippen LogP contribution in [0.2, 0.25) is 0 Å². The molecule has 2 aromatic rings. The van der Waals surface area contributed by atoms with E-state index in [1.54, 1.807) is 11.8 Å². The van der Waals surface area contributed by atoms with Crippen molar-refractivity contribution in [2.45, 2.75) is 46.7 Å². The van der Waals surface area contributed by atoms with Crippen LogP contribution in [0.4, 0.5) is 0 Å². The lowest BCUT2D eigenvalue weighted by Gasteiger charge is -2.29. The van der Waals surface area contributed by atoms with Crippen LogP contribution in [0.1, 0.15) is 37.5 Å².